The number of guanidine groups is 1. The number of nitrogens with zero attached hydrogens (tertiary/aromatic N) is 2. The summed E-state index contributed by atoms with van der Waals surface area (Å²) in [6.07, 6.45) is 0. The van der Waals surface area contributed by atoms with Gasteiger partial charge in [-0.05, 0) is 35.9 Å². The van der Waals surface area contributed by atoms with Crippen LogP contribution in [0.2, 0.25) is 10.0 Å². The first-order chi connectivity index (χ1) is 10.1. The maximum absolute atomic E-state index is 6.33. The van der Waals surface area contributed by atoms with Gasteiger partial charge < -0.3 is 10.6 Å². The third kappa shape index (κ3) is 2.89. The van der Waals surface area contributed by atoms with Gasteiger partial charge in [-0.1, -0.05) is 51.3 Å². The lowest BCUT2D eigenvalue weighted by Gasteiger charge is -2.27. The molecule has 2 aromatic carbocycles. The second-order valence-corrected chi connectivity index (χ2v) is 6.49. The molecule has 0 saturated carbocycles. The van der Waals surface area contributed by atoms with Gasteiger partial charge in [0, 0.05) is 20.2 Å². The van der Waals surface area contributed by atoms with Gasteiger partial charge in [0.2, 0.25) is 0 Å². The van der Waals surface area contributed by atoms with Gasteiger partial charge in [0.25, 0.3) is 0 Å². The van der Waals surface area contributed by atoms with E-state index in [4.69, 9.17) is 28.9 Å². The fraction of sp³-hybridized carbons (Fsp3) is 0.133. The van der Waals surface area contributed by atoms with Crippen molar-refractivity contribution in [3.8, 4) is 0 Å². The molecule has 108 valence electrons. The van der Waals surface area contributed by atoms with Crippen LogP contribution in [0.25, 0.3) is 0 Å². The molecule has 0 aromatic heterocycles. The zero-order valence-corrected chi connectivity index (χ0v) is 14.0. The highest BCUT2D eigenvalue weighted by molar-refractivity contribution is 9.10. The van der Waals surface area contributed by atoms with Crippen LogP contribution < -0.4 is 10.6 Å². The standard InChI is InChI=1S/C15H12BrCl2N3/c16-9-2-1-3-11(6-9)21-14(8-20-15(21)19)12-5-4-10(17)7-13(12)18/h1-7,14H,8H2,(H2,19,20). The van der Waals surface area contributed by atoms with Gasteiger partial charge in [-0.3, -0.25) is 4.99 Å². The molecule has 6 heteroatoms. The van der Waals surface area contributed by atoms with Crippen LogP contribution in [0.1, 0.15) is 11.6 Å². The summed E-state index contributed by atoms with van der Waals surface area (Å²) >= 11 is 15.8. The van der Waals surface area contributed by atoms with Gasteiger partial charge in [-0.2, -0.15) is 0 Å². The summed E-state index contributed by atoms with van der Waals surface area (Å²) in [7, 11) is 0. The Hall–Kier alpha value is -1.23. The molecule has 2 N–H and O–H groups in total. The lowest BCUT2D eigenvalue weighted by Crippen LogP contribution is -2.36. The first kappa shape index (κ1) is 14.7. The van der Waals surface area contributed by atoms with E-state index in [0.717, 1.165) is 15.7 Å². The van der Waals surface area contributed by atoms with Crippen molar-refractivity contribution in [3.63, 3.8) is 0 Å². The number of hydrogen-bond acceptors (Lipinski definition) is 3. The SMILES string of the molecule is NC1=NCC(c2ccc(Cl)cc2Cl)N1c1cccc(Br)c1. The molecular weight excluding hydrogens is 373 g/mol. The van der Waals surface area contributed by atoms with Crippen molar-refractivity contribution in [2.24, 2.45) is 10.7 Å². The van der Waals surface area contributed by atoms with Crippen LogP contribution in [0.15, 0.2) is 51.9 Å². The fourth-order valence-electron chi connectivity index (χ4n) is 2.44. The Morgan fingerprint density at radius 2 is 2.00 bits per heavy atom. The van der Waals surface area contributed by atoms with Crippen LogP contribution in [-0.4, -0.2) is 12.5 Å². The van der Waals surface area contributed by atoms with Crippen molar-refractivity contribution in [2.45, 2.75) is 6.04 Å². The van der Waals surface area contributed by atoms with E-state index < -0.39 is 0 Å². The Kier molecular flexibility index (Phi) is 4.11. The number of benzene rings is 2. The number of hydrogen-bond donors (Lipinski definition) is 1. The zero-order valence-electron chi connectivity index (χ0n) is 10.9. The van der Waals surface area contributed by atoms with E-state index in [1.54, 1.807) is 6.07 Å². The molecular formula is C15H12BrCl2N3. The molecule has 1 aliphatic rings. The van der Waals surface area contributed by atoms with Gasteiger partial charge in [0.05, 0.1) is 12.6 Å². The average molecular weight is 385 g/mol. The van der Waals surface area contributed by atoms with Crippen molar-refractivity contribution in [3.05, 3.63) is 62.5 Å². The monoisotopic (exact) mass is 383 g/mol. The molecule has 1 atom stereocenters. The highest BCUT2D eigenvalue weighted by Crippen LogP contribution is 2.36. The van der Waals surface area contributed by atoms with Crippen molar-refractivity contribution in [2.75, 3.05) is 11.4 Å². The van der Waals surface area contributed by atoms with Crippen LogP contribution in [0.4, 0.5) is 5.69 Å². The van der Waals surface area contributed by atoms with Gasteiger partial charge in [-0.15, -0.1) is 0 Å². The highest BCUT2D eigenvalue weighted by Gasteiger charge is 2.30. The van der Waals surface area contributed by atoms with Crippen molar-refractivity contribution in [1.29, 1.82) is 0 Å². The molecule has 21 heavy (non-hydrogen) atoms. The zero-order chi connectivity index (χ0) is 15.0. The minimum Gasteiger partial charge on any atom is -0.369 e. The third-order valence-corrected chi connectivity index (χ3v) is 4.45. The molecule has 0 bridgehead atoms. The lowest BCUT2D eigenvalue weighted by molar-refractivity contribution is 0.769. The number of anilines is 1. The van der Waals surface area contributed by atoms with Crippen LogP contribution in [0.3, 0.4) is 0 Å². The van der Waals surface area contributed by atoms with E-state index >= 15 is 0 Å². The summed E-state index contributed by atoms with van der Waals surface area (Å²) in [5.74, 6) is 0.490. The van der Waals surface area contributed by atoms with Gasteiger partial charge >= 0.3 is 0 Å². The van der Waals surface area contributed by atoms with Gasteiger partial charge in [0.1, 0.15) is 0 Å². The molecule has 0 radical (unpaired) electrons. The largest absolute Gasteiger partial charge is 0.369 e. The average Bonchev–Trinajstić information content (AvgIpc) is 2.80. The molecule has 3 nitrogen and oxygen atoms in total. The Labute approximate surface area is 141 Å². The van der Waals surface area contributed by atoms with E-state index in [0.29, 0.717) is 22.5 Å². The highest BCUT2D eigenvalue weighted by atomic mass is 79.9. The molecule has 1 heterocycles. The predicted octanol–water partition coefficient (Wildman–Crippen LogP) is 4.63. The lowest BCUT2D eigenvalue weighted by atomic mass is 10.1. The summed E-state index contributed by atoms with van der Waals surface area (Å²) in [5.41, 5.74) is 7.99. The minimum absolute atomic E-state index is 0.0240. The maximum atomic E-state index is 6.33. The number of aliphatic imine (C=N–C) groups is 1. The second kappa shape index (κ2) is 5.87. The van der Waals surface area contributed by atoms with E-state index in [1.165, 1.54) is 0 Å². The van der Waals surface area contributed by atoms with E-state index in [2.05, 4.69) is 20.9 Å². The summed E-state index contributed by atoms with van der Waals surface area (Å²) in [6.45, 7) is 0.569. The van der Waals surface area contributed by atoms with Crippen LogP contribution in [-0.2, 0) is 0 Å². The third-order valence-electron chi connectivity index (χ3n) is 3.39. The quantitative estimate of drug-likeness (QED) is 0.819. The molecule has 0 spiro atoms. The van der Waals surface area contributed by atoms with Crippen LogP contribution >= 0.6 is 39.1 Å². The first-order valence-corrected chi connectivity index (χ1v) is 7.91. The normalized spacial score (nSPS) is 18.0. The summed E-state index contributed by atoms with van der Waals surface area (Å²) < 4.78 is 0.987. The summed E-state index contributed by atoms with van der Waals surface area (Å²) in [5, 5.41) is 1.24. The molecule has 0 amide bonds. The van der Waals surface area contributed by atoms with E-state index in [1.807, 2.05) is 41.3 Å². The fourth-order valence-corrected chi connectivity index (χ4v) is 3.37. The molecule has 3 rings (SSSR count). The van der Waals surface area contributed by atoms with Gasteiger partial charge in [0.15, 0.2) is 5.96 Å². The number of rotatable bonds is 2. The summed E-state index contributed by atoms with van der Waals surface area (Å²) in [4.78, 5) is 6.34. The van der Waals surface area contributed by atoms with E-state index in [9.17, 15) is 0 Å². The van der Waals surface area contributed by atoms with Gasteiger partial charge in [-0.25, -0.2) is 0 Å². The maximum Gasteiger partial charge on any atom is 0.196 e. The molecule has 0 saturated heterocycles. The van der Waals surface area contributed by atoms with Crippen LogP contribution in [0.5, 0.6) is 0 Å². The molecule has 0 aliphatic carbocycles. The Morgan fingerprint density at radius 1 is 1.19 bits per heavy atom. The number of halogens is 3. The van der Waals surface area contributed by atoms with Crippen molar-refractivity contribution in [1.82, 2.24) is 0 Å². The number of nitrogens with two attached hydrogens (primary N) is 1. The molecule has 0 fully saturated rings. The molecule has 1 unspecified atom stereocenters. The topological polar surface area (TPSA) is 41.6 Å². The first-order valence-electron chi connectivity index (χ1n) is 6.36. The summed E-state index contributed by atoms with van der Waals surface area (Å²) in [6, 6.07) is 13.4. The van der Waals surface area contributed by atoms with E-state index in [-0.39, 0.29) is 6.04 Å². The predicted molar refractivity (Wildman–Crippen MR) is 92.3 cm³/mol. The Bertz CT molecular complexity index is 718. The van der Waals surface area contributed by atoms with Crippen molar-refractivity contribution < 1.29 is 0 Å². The second-order valence-electron chi connectivity index (χ2n) is 4.73. The minimum atomic E-state index is -0.0240. The molecule has 2 aromatic rings. The van der Waals surface area contributed by atoms with Crippen LogP contribution in [0, 0.1) is 0 Å². The van der Waals surface area contributed by atoms with Crippen molar-refractivity contribution >= 4 is 50.8 Å². The Balaban J connectivity index is 2.03. The molecule has 1 aliphatic heterocycles. The Morgan fingerprint density at radius 3 is 2.71 bits per heavy atom. The smallest absolute Gasteiger partial charge is 0.196 e.